The largest absolute Gasteiger partial charge is 0.480 e. The minimum Gasteiger partial charge on any atom is -0.480 e. The van der Waals surface area contributed by atoms with Crippen LogP contribution < -0.4 is 10.1 Å². The highest BCUT2D eigenvalue weighted by Crippen LogP contribution is 2.26. The Morgan fingerprint density at radius 3 is 3.00 bits per heavy atom. The van der Waals surface area contributed by atoms with Crippen molar-refractivity contribution in [1.29, 1.82) is 0 Å². The van der Waals surface area contributed by atoms with Gasteiger partial charge in [-0.05, 0) is 30.9 Å². The van der Waals surface area contributed by atoms with E-state index in [9.17, 15) is 4.79 Å². The molecule has 0 aliphatic heterocycles. The van der Waals surface area contributed by atoms with Gasteiger partial charge in [-0.25, -0.2) is 4.98 Å². The fraction of sp³-hybridized carbons (Fsp3) is 0.625. The Morgan fingerprint density at radius 1 is 1.43 bits per heavy atom. The van der Waals surface area contributed by atoms with Crippen LogP contribution in [-0.2, 0) is 4.74 Å². The lowest BCUT2D eigenvalue weighted by atomic mass is 9.88. The number of hydrogen-bond donors (Lipinski definition) is 1. The van der Waals surface area contributed by atoms with E-state index < -0.39 is 0 Å². The van der Waals surface area contributed by atoms with Gasteiger partial charge in [0.1, 0.15) is 5.56 Å². The van der Waals surface area contributed by atoms with Crippen LogP contribution in [0.3, 0.4) is 0 Å². The smallest absolute Gasteiger partial charge is 0.256 e. The lowest BCUT2D eigenvalue weighted by Gasteiger charge is -2.28. The number of rotatable bonds is 6. The van der Waals surface area contributed by atoms with Crippen LogP contribution in [0.15, 0.2) is 18.3 Å². The average Bonchev–Trinajstić information content (AvgIpc) is 2.52. The van der Waals surface area contributed by atoms with E-state index in [4.69, 9.17) is 9.47 Å². The predicted octanol–water partition coefficient (Wildman–Crippen LogP) is 2.42. The highest BCUT2D eigenvalue weighted by Gasteiger charge is 2.21. The first-order chi connectivity index (χ1) is 10.2. The van der Waals surface area contributed by atoms with Crippen LogP contribution in [0, 0.1) is 5.92 Å². The standard InChI is InChI=1S/C16H24N2O3/c1-12-6-3-4-8-14(12)21-11-10-17-15(19)13-7-5-9-18-16(13)20-2/h5,7,9,12,14H,3-4,6,8,10-11H2,1-2H3,(H,17,19)/t12-,14-/m0/s1. The summed E-state index contributed by atoms with van der Waals surface area (Å²) in [6, 6.07) is 3.42. The lowest BCUT2D eigenvalue weighted by molar-refractivity contribution is -0.00294. The molecule has 0 radical (unpaired) electrons. The summed E-state index contributed by atoms with van der Waals surface area (Å²) in [5.74, 6) is 0.782. The quantitative estimate of drug-likeness (QED) is 0.818. The molecule has 0 spiro atoms. The molecule has 1 aromatic rings. The maximum absolute atomic E-state index is 12.1. The number of nitrogens with zero attached hydrogens (tertiary/aromatic N) is 1. The first kappa shape index (κ1) is 15.8. The SMILES string of the molecule is COc1ncccc1C(=O)NCCO[C@H]1CCCC[C@@H]1C. The molecule has 0 aromatic carbocycles. The van der Waals surface area contributed by atoms with Crippen LogP contribution in [0.4, 0.5) is 0 Å². The third-order valence-corrected chi connectivity index (χ3v) is 3.96. The number of methoxy groups -OCH3 is 1. The summed E-state index contributed by atoms with van der Waals surface area (Å²) < 4.78 is 11.0. The van der Waals surface area contributed by atoms with E-state index in [2.05, 4.69) is 17.2 Å². The number of carbonyl (C=O) groups excluding carboxylic acids is 1. The monoisotopic (exact) mass is 292 g/mol. The molecule has 1 fully saturated rings. The maximum atomic E-state index is 12.1. The van der Waals surface area contributed by atoms with Gasteiger partial charge in [0.15, 0.2) is 0 Å². The third kappa shape index (κ3) is 4.43. The maximum Gasteiger partial charge on any atom is 0.256 e. The first-order valence-corrected chi connectivity index (χ1v) is 7.61. The van der Waals surface area contributed by atoms with Gasteiger partial charge in [0.2, 0.25) is 5.88 Å². The Bertz CT molecular complexity index is 465. The Kier molecular flexibility index (Phi) is 5.99. The van der Waals surface area contributed by atoms with Crippen molar-refractivity contribution in [3.05, 3.63) is 23.9 Å². The summed E-state index contributed by atoms with van der Waals surface area (Å²) >= 11 is 0. The number of carbonyl (C=O) groups is 1. The van der Waals surface area contributed by atoms with Gasteiger partial charge >= 0.3 is 0 Å². The van der Waals surface area contributed by atoms with Crippen LogP contribution in [0.2, 0.25) is 0 Å². The fourth-order valence-corrected chi connectivity index (χ4v) is 2.73. The van der Waals surface area contributed by atoms with E-state index in [0.717, 1.165) is 6.42 Å². The number of aromatic nitrogens is 1. The number of pyridine rings is 1. The molecule has 1 amide bonds. The fourth-order valence-electron chi connectivity index (χ4n) is 2.73. The molecular weight excluding hydrogens is 268 g/mol. The summed E-state index contributed by atoms with van der Waals surface area (Å²) in [6.45, 7) is 3.28. The molecule has 21 heavy (non-hydrogen) atoms. The minimum absolute atomic E-state index is 0.180. The van der Waals surface area contributed by atoms with E-state index in [1.807, 2.05) is 0 Å². The summed E-state index contributed by atoms with van der Waals surface area (Å²) in [5, 5.41) is 2.84. The topological polar surface area (TPSA) is 60.5 Å². The molecule has 5 heteroatoms. The van der Waals surface area contributed by atoms with Crippen LogP contribution in [-0.4, -0.2) is 37.3 Å². The van der Waals surface area contributed by atoms with Crippen molar-refractivity contribution < 1.29 is 14.3 Å². The van der Waals surface area contributed by atoms with Crippen LogP contribution in [0.5, 0.6) is 5.88 Å². The van der Waals surface area contributed by atoms with Gasteiger partial charge in [-0.1, -0.05) is 19.8 Å². The van der Waals surface area contributed by atoms with Gasteiger partial charge in [-0.3, -0.25) is 4.79 Å². The zero-order chi connectivity index (χ0) is 15.1. The molecule has 0 bridgehead atoms. The van der Waals surface area contributed by atoms with E-state index in [1.165, 1.54) is 26.4 Å². The molecule has 1 aliphatic carbocycles. The van der Waals surface area contributed by atoms with E-state index in [-0.39, 0.29) is 5.91 Å². The second-order valence-corrected chi connectivity index (χ2v) is 5.49. The molecule has 5 nitrogen and oxygen atoms in total. The van der Waals surface area contributed by atoms with Gasteiger partial charge in [-0.15, -0.1) is 0 Å². The van der Waals surface area contributed by atoms with Crippen LogP contribution in [0.1, 0.15) is 43.0 Å². The van der Waals surface area contributed by atoms with Gasteiger partial charge in [0.05, 0.1) is 19.8 Å². The third-order valence-electron chi connectivity index (χ3n) is 3.96. The van der Waals surface area contributed by atoms with Gasteiger partial charge < -0.3 is 14.8 Å². The normalized spacial score (nSPS) is 21.8. The van der Waals surface area contributed by atoms with E-state index in [0.29, 0.717) is 36.6 Å². The Hall–Kier alpha value is -1.62. The molecule has 1 N–H and O–H groups in total. The molecular formula is C16H24N2O3. The van der Waals surface area contributed by atoms with Gasteiger partial charge in [-0.2, -0.15) is 0 Å². The highest BCUT2D eigenvalue weighted by molar-refractivity contribution is 5.96. The van der Waals surface area contributed by atoms with E-state index >= 15 is 0 Å². The summed E-state index contributed by atoms with van der Waals surface area (Å²) in [6.07, 6.45) is 6.86. The van der Waals surface area contributed by atoms with Crippen molar-refractivity contribution in [1.82, 2.24) is 10.3 Å². The number of nitrogens with one attached hydrogen (secondary N) is 1. The Balaban J connectivity index is 1.74. The zero-order valence-corrected chi connectivity index (χ0v) is 12.8. The second-order valence-electron chi connectivity index (χ2n) is 5.49. The molecule has 1 heterocycles. The van der Waals surface area contributed by atoms with Crippen LogP contribution in [0.25, 0.3) is 0 Å². The molecule has 1 saturated carbocycles. The molecule has 116 valence electrons. The van der Waals surface area contributed by atoms with Crippen molar-refractivity contribution in [3.63, 3.8) is 0 Å². The number of ether oxygens (including phenoxy) is 2. The van der Waals surface area contributed by atoms with E-state index in [1.54, 1.807) is 18.3 Å². The predicted molar refractivity (Wildman–Crippen MR) is 80.5 cm³/mol. The number of amides is 1. The first-order valence-electron chi connectivity index (χ1n) is 7.61. The van der Waals surface area contributed by atoms with Crippen molar-refractivity contribution in [3.8, 4) is 5.88 Å². The lowest BCUT2D eigenvalue weighted by Crippen LogP contribution is -2.32. The molecule has 0 unspecified atom stereocenters. The van der Waals surface area contributed by atoms with Crippen molar-refractivity contribution in [2.45, 2.75) is 38.7 Å². The van der Waals surface area contributed by atoms with Crippen molar-refractivity contribution >= 4 is 5.91 Å². The van der Waals surface area contributed by atoms with Gasteiger partial charge in [0.25, 0.3) is 5.91 Å². The van der Waals surface area contributed by atoms with Gasteiger partial charge in [0, 0.05) is 12.7 Å². The van der Waals surface area contributed by atoms with Crippen molar-refractivity contribution in [2.75, 3.05) is 20.3 Å². The zero-order valence-electron chi connectivity index (χ0n) is 12.8. The second kappa shape index (κ2) is 7.98. The van der Waals surface area contributed by atoms with Crippen LogP contribution >= 0.6 is 0 Å². The Labute approximate surface area is 126 Å². The molecule has 0 saturated heterocycles. The molecule has 1 aromatic heterocycles. The average molecular weight is 292 g/mol. The van der Waals surface area contributed by atoms with Crippen molar-refractivity contribution in [2.24, 2.45) is 5.92 Å². The molecule has 1 aliphatic rings. The Morgan fingerprint density at radius 2 is 2.24 bits per heavy atom. The molecule has 2 rings (SSSR count). The summed E-state index contributed by atoms with van der Waals surface area (Å²) in [7, 11) is 1.51. The highest BCUT2D eigenvalue weighted by atomic mass is 16.5. The molecule has 2 atom stereocenters. The summed E-state index contributed by atoms with van der Waals surface area (Å²) in [5.41, 5.74) is 0.450. The minimum atomic E-state index is -0.180. The summed E-state index contributed by atoms with van der Waals surface area (Å²) in [4.78, 5) is 16.1. The number of hydrogen-bond acceptors (Lipinski definition) is 4.